The van der Waals surface area contributed by atoms with Crippen LogP contribution in [-0.2, 0) is 9.53 Å². The Bertz CT molecular complexity index is 379. The van der Waals surface area contributed by atoms with E-state index in [4.69, 9.17) is 0 Å². The molecule has 16 heavy (non-hydrogen) atoms. The minimum Gasteiger partial charge on any atom is -0.469 e. The first-order valence-corrected chi connectivity index (χ1v) is 5.46. The second-order valence-electron chi connectivity index (χ2n) is 3.76. The number of anilines is 2. The van der Waals surface area contributed by atoms with Crippen molar-refractivity contribution < 1.29 is 9.53 Å². The second kappa shape index (κ2) is 4.88. The van der Waals surface area contributed by atoms with Crippen LogP contribution < -0.4 is 10.2 Å². The summed E-state index contributed by atoms with van der Waals surface area (Å²) < 4.78 is 4.65. The maximum atomic E-state index is 11.1. The number of esters is 1. The van der Waals surface area contributed by atoms with Crippen molar-refractivity contribution >= 4 is 17.3 Å². The molecule has 1 aliphatic rings. The Labute approximate surface area is 95.2 Å². The Morgan fingerprint density at radius 3 is 3.12 bits per heavy atom. The molecule has 0 saturated carbocycles. The van der Waals surface area contributed by atoms with Gasteiger partial charge >= 0.3 is 5.97 Å². The van der Waals surface area contributed by atoms with Gasteiger partial charge in [-0.2, -0.15) is 0 Å². The van der Waals surface area contributed by atoms with E-state index in [0.29, 0.717) is 13.0 Å². The zero-order valence-corrected chi connectivity index (χ0v) is 9.40. The fourth-order valence-electron chi connectivity index (χ4n) is 1.91. The average molecular weight is 220 g/mol. The fourth-order valence-corrected chi connectivity index (χ4v) is 1.91. The molecule has 1 heterocycles. The van der Waals surface area contributed by atoms with E-state index in [1.54, 1.807) is 0 Å². The van der Waals surface area contributed by atoms with Crippen LogP contribution in [0.3, 0.4) is 0 Å². The van der Waals surface area contributed by atoms with Crippen molar-refractivity contribution in [2.75, 3.05) is 37.0 Å². The fraction of sp³-hybridized carbons (Fsp3) is 0.417. The number of nitrogens with zero attached hydrogens (tertiary/aromatic N) is 1. The lowest BCUT2D eigenvalue weighted by molar-refractivity contribution is -0.140. The first kappa shape index (κ1) is 10.8. The van der Waals surface area contributed by atoms with Crippen molar-refractivity contribution in [1.82, 2.24) is 0 Å². The number of methoxy groups -OCH3 is 1. The summed E-state index contributed by atoms with van der Waals surface area (Å²) in [5.74, 6) is -0.156. The number of hydrogen-bond acceptors (Lipinski definition) is 4. The van der Waals surface area contributed by atoms with Gasteiger partial charge in [-0.1, -0.05) is 12.1 Å². The molecule has 0 bridgehead atoms. The number of benzene rings is 1. The van der Waals surface area contributed by atoms with Crippen LogP contribution in [0.25, 0.3) is 0 Å². The van der Waals surface area contributed by atoms with Gasteiger partial charge in [0.05, 0.1) is 24.9 Å². The van der Waals surface area contributed by atoms with Crippen LogP contribution in [0.2, 0.25) is 0 Å². The number of para-hydroxylation sites is 2. The molecule has 1 aromatic carbocycles. The van der Waals surface area contributed by atoms with Crippen LogP contribution >= 0.6 is 0 Å². The molecule has 1 aromatic rings. The molecule has 2 rings (SSSR count). The van der Waals surface area contributed by atoms with E-state index in [-0.39, 0.29) is 5.97 Å². The van der Waals surface area contributed by atoms with Crippen molar-refractivity contribution in [3.8, 4) is 0 Å². The molecule has 86 valence electrons. The zero-order chi connectivity index (χ0) is 11.4. The van der Waals surface area contributed by atoms with E-state index >= 15 is 0 Å². The standard InChI is InChI=1S/C12H16N2O2/c1-16-12(15)6-8-14-9-7-13-10-4-2-3-5-11(10)14/h2-5,13H,6-9H2,1H3. The summed E-state index contributed by atoms with van der Waals surface area (Å²) in [4.78, 5) is 13.3. The predicted molar refractivity (Wildman–Crippen MR) is 63.8 cm³/mol. The molecular weight excluding hydrogens is 204 g/mol. The number of carbonyl (C=O) groups is 1. The highest BCUT2D eigenvalue weighted by Crippen LogP contribution is 2.28. The van der Waals surface area contributed by atoms with Crippen LogP contribution in [0.5, 0.6) is 0 Å². The molecule has 0 saturated heterocycles. The van der Waals surface area contributed by atoms with Crippen LogP contribution in [0.15, 0.2) is 24.3 Å². The van der Waals surface area contributed by atoms with E-state index in [1.165, 1.54) is 7.11 Å². The van der Waals surface area contributed by atoms with Gasteiger partial charge in [-0.05, 0) is 12.1 Å². The number of hydrogen-bond donors (Lipinski definition) is 1. The third-order valence-electron chi connectivity index (χ3n) is 2.76. The molecule has 0 aromatic heterocycles. The van der Waals surface area contributed by atoms with Gasteiger partial charge in [0.25, 0.3) is 0 Å². The second-order valence-corrected chi connectivity index (χ2v) is 3.76. The van der Waals surface area contributed by atoms with Gasteiger partial charge in [0, 0.05) is 19.6 Å². The van der Waals surface area contributed by atoms with E-state index in [2.05, 4.69) is 27.1 Å². The highest BCUT2D eigenvalue weighted by molar-refractivity contribution is 5.74. The Balaban J connectivity index is 2.04. The monoisotopic (exact) mass is 220 g/mol. The van der Waals surface area contributed by atoms with Crippen LogP contribution in [0, 0.1) is 0 Å². The summed E-state index contributed by atoms with van der Waals surface area (Å²) in [6.07, 6.45) is 0.435. The summed E-state index contributed by atoms with van der Waals surface area (Å²) in [5, 5.41) is 3.34. The summed E-state index contributed by atoms with van der Waals surface area (Å²) in [5.41, 5.74) is 2.30. The smallest absolute Gasteiger partial charge is 0.307 e. The van der Waals surface area contributed by atoms with Gasteiger partial charge in [0.1, 0.15) is 0 Å². The quantitative estimate of drug-likeness (QED) is 0.783. The van der Waals surface area contributed by atoms with Gasteiger partial charge in [-0.25, -0.2) is 0 Å². The highest BCUT2D eigenvalue weighted by Gasteiger charge is 2.16. The van der Waals surface area contributed by atoms with Crippen molar-refractivity contribution in [2.45, 2.75) is 6.42 Å². The van der Waals surface area contributed by atoms with Gasteiger partial charge in [-0.15, -0.1) is 0 Å². The lowest BCUT2D eigenvalue weighted by Gasteiger charge is -2.31. The van der Waals surface area contributed by atoms with Crippen molar-refractivity contribution in [3.63, 3.8) is 0 Å². The van der Waals surface area contributed by atoms with Crippen molar-refractivity contribution in [2.24, 2.45) is 0 Å². The lowest BCUT2D eigenvalue weighted by Crippen LogP contribution is -2.35. The van der Waals surface area contributed by atoms with E-state index in [1.807, 2.05) is 12.1 Å². The molecule has 4 heteroatoms. The molecule has 0 atom stereocenters. The summed E-state index contributed by atoms with van der Waals surface area (Å²) in [6.45, 7) is 2.55. The largest absolute Gasteiger partial charge is 0.469 e. The number of ether oxygens (including phenoxy) is 1. The average Bonchev–Trinajstić information content (AvgIpc) is 2.35. The van der Waals surface area contributed by atoms with Crippen molar-refractivity contribution in [3.05, 3.63) is 24.3 Å². The zero-order valence-electron chi connectivity index (χ0n) is 9.40. The summed E-state index contributed by atoms with van der Waals surface area (Å²) in [7, 11) is 1.42. The number of fused-ring (bicyclic) bond motifs is 1. The van der Waals surface area contributed by atoms with Gasteiger partial charge < -0.3 is 15.0 Å². The van der Waals surface area contributed by atoms with Gasteiger partial charge in [0.2, 0.25) is 0 Å². The number of nitrogens with one attached hydrogen (secondary N) is 1. The van der Waals surface area contributed by atoms with Crippen molar-refractivity contribution in [1.29, 1.82) is 0 Å². The topological polar surface area (TPSA) is 41.6 Å². The van der Waals surface area contributed by atoms with Gasteiger partial charge in [0.15, 0.2) is 0 Å². The third kappa shape index (κ3) is 2.27. The normalized spacial score (nSPS) is 13.9. The molecule has 1 aliphatic heterocycles. The Morgan fingerprint density at radius 2 is 2.31 bits per heavy atom. The first-order valence-electron chi connectivity index (χ1n) is 5.46. The molecule has 0 fully saturated rings. The Hall–Kier alpha value is -1.71. The van der Waals surface area contributed by atoms with Crippen LogP contribution in [0.4, 0.5) is 11.4 Å². The SMILES string of the molecule is COC(=O)CCN1CCNc2ccccc21. The predicted octanol–water partition coefficient (Wildman–Crippen LogP) is 1.48. The molecule has 1 N–H and O–H groups in total. The van der Waals surface area contributed by atoms with Crippen LogP contribution in [-0.4, -0.2) is 32.7 Å². The number of rotatable bonds is 3. The lowest BCUT2D eigenvalue weighted by atomic mass is 10.2. The minimum absolute atomic E-state index is 0.156. The number of carbonyl (C=O) groups excluding carboxylic acids is 1. The third-order valence-corrected chi connectivity index (χ3v) is 2.76. The van der Waals surface area contributed by atoms with E-state index in [0.717, 1.165) is 24.5 Å². The van der Waals surface area contributed by atoms with E-state index < -0.39 is 0 Å². The van der Waals surface area contributed by atoms with E-state index in [9.17, 15) is 4.79 Å². The molecule has 0 amide bonds. The summed E-state index contributed by atoms with van der Waals surface area (Å²) >= 11 is 0. The van der Waals surface area contributed by atoms with Gasteiger partial charge in [-0.3, -0.25) is 4.79 Å². The Kier molecular flexibility index (Phi) is 3.29. The first-order chi connectivity index (χ1) is 7.81. The molecule has 0 spiro atoms. The molecular formula is C12H16N2O2. The maximum absolute atomic E-state index is 11.1. The molecule has 4 nitrogen and oxygen atoms in total. The molecule has 0 radical (unpaired) electrons. The molecule has 0 aliphatic carbocycles. The highest BCUT2D eigenvalue weighted by atomic mass is 16.5. The molecule has 0 unspecified atom stereocenters. The van der Waals surface area contributed by atoms with Crippen LogP contribution in [0.1, 0.15) is 6.42 Å². The minimum atomic E-state index is -0.156. The summed E-state index contributed by atoms with van der Waals surface area (Å²) in [6, 6.07) is 8.14. The maximum Gasteiger partial charge on any atom is 0.307 e. The Morgan fingerprint density at radius 1 is 1.50 bits per heavy atom.